The number of esters is 1. The molecule has 0 saturated heterocycles. The van der Waals surface area contributed by atoms with Crippen molar-refractivity contribution in [3.8, 4) is 17.1 Å². The van der Waals surface area contributed by atoms with Crippen LogP contribution in [0.3, 0.4) is 0 Å². The van der Waals surface area contributed by atoms with Crippen molar-refractivity contribution in [3.05, 3.63) is 66.4 Å². The lowest BCUT2D eigenvalue weighted by molar-refractivity contribution is -0.161. The highest BCUT2D eigenvalue weighted by molar-refractivity contribution is 6.05. The van der Waals surface area contributed by atoms with E-state index in [4.69, 9.17) is 15.5 Å². The second-order valence-electron chi connectivity index (χ2n) is 11.3. The van der Waals surface area contributed by atoms with Gasteiger partial charge in [-0.3, -0.25) is 9.59 Å². The molecule has 0 radical (unpaired) electrons. The molecule has 4 aromatic rings. The zero-order valence-electron chi connectivity index (χ0n) is 20.9. The van der Waals surface area contributed by atoms with Crippen LogP contribution < -0.4 is 15.8 Å². The predicted molar refractivity (Wildman–Crippen MR) is 144 cm³/mol. The molecule has 8 rings (SSSR count). The maximum Gasteiger partial charge on any atom is 0.317 e. The quantitative estimate of drug-likeness (QED) is 0.184. The number of rotatable bonds is 5. The largest absolute Gasteiger partial charge is 0.425 e. The van der Waals surface area contributed by atoms with Gasteiger partial charge in [-0.2, -0.15) is 0 Å². The van der Waals surface area contributed by atoms with Crippen molar-refractivity contribution < 1.29 is 14.3 Å². The maximum absolute atomic E-state index is 13.7. The van der Waals surface area contributed by atoms with Gasteiger partial charge in [0, 0.05) is 23.5 Å². The second kappa shape index (κ2) is 8.68. The first-order valence-electron chi connectivity index (χ1n) is 13.3. The number of nitrogens with two attached hydrogens (primary N) is 1. The van der Waals surface area contributed by atoms with Gasteiger partial charge >= 0.3 is 5.97 Å². The van der Waals surface area contributed by atoms with Gasteiger partial charge in [0.1, 0.15) is 17.4 Å². The van der Waals surface area contributed by atoms with Crippen LogP contribution in [-0.4, -0.2) is 26.8 Å². The Labute approximate surface area is 220 Å². The van der Waals surface area contributed by atoms with Gasteiger partial charge in [-0.15, -0.1) is 0 Å². The van der Waals surface area contributed by atoms with Crippen LogP contribution >= 0.6 is 0 Å². The summed E-state index contributed by atoms with van der Waals surface area (Å²) in [6.07, 6.45) is 8.21. The number of ether oxygens (including phenoxy) is 1. The molecule has 2 heterocycles. The van der Waals surface area contributed by atoms with E-state index in [-0.39, 0.29) is 17.3 Å². The monoisotopic (exact) mass is 507 g/mol. The van der Waals surface area contributed by atoms with Gasteiger partial charge in [-0.25, -0.2) is 9.97 Å². The van der Waals surface area contributed by atoms with Crippen molar-refractivity contribution in [3.63, 3.8) is 0 Å². The van der Waals surface area contributed by atoms with Gasteiger partial charge in [0.2, 0.25) is 0 Å². The topological polar surface area (TPSA) is 123 Å². The van der Waals surface area contributed by atoms with Crippen LogP contribution in [0.5, 0.6) is 5.75 Å². The smallest absolute Gasteiger partial charge is 0.317 e. The van der Waals surface area contributed by atoms with Crippen molar-refractivity contribution >= 4 is 34.4 Å². The number of fused-ring (bicyclic) bond motifs is 1. The highest BCUT2D eigenvalue weighted by Gasteiger charge is 2.55. The lowest BCUT2D eigenvalue weighted by Crippen LogP contribution is -2.51. The summed E-state index contributed by atoms with van der Waals surface area (Å²) in [7, 11) is 0. The Morgan fingerprint density at radius 1 is 0.974 bits per heavy atom. The molecule has 0 aliphatic heterocycles. The molecule has 8 nitrogen and oxygen atoms in total. The Morgan fingerprint density at radius 3 is 2.45 bits per heavy atom. The summed E-state index contributed by atoms with van der Waals surface area (Å²) in [5, 5.41) is 2.80. The number of pyridine rings is 1. The van der Waals surface area contributed by atoms with Crippen molar-refractivity contribution in [2.75, 3.05) is 11.1 Å². The zero-order valence-corrected chi connectivity index (χ0v) is 20.9. The third kappa shape index (κ3) is 4.00. The standard InChI is InChI=1S/C30H29N5O3/c31-21-5-6-22(25(13-21)38-29(37)30-14-17-9-18(15-30)11-19(10-17)16-30)27-33-23-7-4-20(12-24(23)34-27)28(36)35-26-3-1-2-8-32-26/h1-8,12-13,17-19H,9-11,14-16,31H2,(H,33,34)(H,32,35,36). The molecule has 0 unspecified atom stereocenters. The van der Waals surface area contributed by atoms with E-state index in [9.17, 15) is 9.59 Å². The molecule has 4 aliphatic rings. The summed E-state index contributed by atoms with van der Waals surface area (Å²) in [6.45, 7) is 0. The molecular formula is C30H29N5O3. The number of H-pyrrole nitrogens is 1. The molecule has 1 amide bonds. The highest BCUT2D eigenvalue weighted by atomic mass is 16.5. The number of carbonyl (C=O) groups excluding carboxylic acids is 2. The number of anilines is 2. The molecule has 2 aromatic carbocycles. The van der Waals surface area contributed by atoms with Crippen LogP contribution in [0.2, 0.25) is 0 Å². The number of nitrogens with zero attached hydrogens (tertiary/aromatic N) is 2. The minimum atomic E-state index is -0.375. The van der Waals surface area contributed by atoms with Crippen molar-refractivity contribution in [2.45, 2.75) is 38.5 Å². The van der Waals surface area contributed by atoms with Crippen LogP contribution in [0, 0.1) is 23.2 Å². The SMILES string of the molecule is Nc1ccc(-c2nc3ccc(C(=O)Nc4ccccn4)cc3[nH]2)c(OC(=O)C23CC4CC(CC(C4)C2)C3)c1. The molecule has 4 fully saturated rings. The number of hydrogen-bond acceptors (Lipinski definition) is 6. The fourth-order valence-corrected chi connectivity index (χ4v) is 7.29. The summed E-state index contributed by atoms with van der Waals surface area (Å²) in [5.41, 5.74) is 8.79. The Hall–Kier alpha value is -4.20. The van der Waals surface area contributed by atoms with E-state index >= 15 is 0 Å². The van der Waals surface area contributed by atoms with Crippen LogP contribution in [0.4, 0.5) is 11.5 Å². The number of nitrogens with one attached hydrogen (secondary N) is 2. The fraction of sp³-hybridized carbons (Fsp3) is 0.333. The zero-order chi connectivity index (χ0) is 25.9. The molecule has 4 saturated carbocycles. The van der Waals surface area contributed by atoms with Crippen molar-refractivity contribution in [1.29, 1.82) is 0 Å². The molecule has 4 N–H and O–H groups in total. The molecule has 38 heavy (non-hydrogen) atoms. The van der Waals surface area contributed by atoms with Crippen LogP contribution in [0.1, 0.15) is 48.9 Å². The lowest BCUT2D eigenvalue weighted by atomic mass is 9.49. The number of imidazole rings is 1. The maximum atomic E-state index is 13.7. The molecule has 2 aromatic heterocycles. The Balaban J connectivity index is 1.17. The molecule has 4 bridgehead atoms. The molecule has 192 valence electrons. The summed E-state index contributed by atoms with van der Waals surface area (Å²) in [6, 6.07) is 15.9. The Kier molecular flexibility index (Phi) is 5.25. The van der Waals surface area contributed by atoms with Gasteiger partial charge in [0.25, 0.3) is 5.91 Å². The van der Waals surface area contributed by atoms with Gasteiger partial charge in [0.05, 0.1) is 22.0 Å². The van der Waals surface area contributed by atoms with E-state index in [0.29, 0.717) is 63.0 Å². The highest BCUT2D eigenvalue weighted by Crippen LogP contribution is 2.60. The first-order chi connectivity index (χ1) is 18.4. The number of amides is 1. The molecule has 4 aliphatic carbocycles. The molecular weight excluding hydrogens is 478 g/mol. The number of aromatic nitrogens is 3. The predicted octanol–water partition coefficient (Wildman–Crippen LogP) is 5.58. The third-order valence-corrected chi connectivity index (χ3v) is 8.59. The first-order valence-corrected chi connectivity index (χ1v) is 13.3. The van der Waals surface area contributed by atoms with Gasteiger partial charge in [-0.05, 0) is 98.7 Å². The Bertz CT molecular complexity index is 1530. The minimum absolute atomic E-state index is 0.131. The van der Waals surface area contributed by atoms with E-state index in [1.165, 1.54) is 19.3 Å². The minimum Gasteiger partial charge on any atom is -0.425 e. The molecule has 8 heteroatoms. The average molecular weight is 508 g/mol. The second-order valence-corrected chi connectivity index (χ2v) is 11.3. The summed E-state index contributed by atoms with van der Waals surface area (Å²) in [5.74, 6) is 2.99. The number of aromatic amines is 1. The number of hydrogen-bond donors (Lipinski definition) is 3. The van der Waals surface area contributed by atoms with Crippen LogP contribution in [0.15, 0.2) is 60.8 Å². The first kappa shape index (κ1) is 23.0. The number of benzene rings is 2. The van der Waals surface area contributed by atoms with E-state index in [0.717, 1.165) is 19.3 Å². The molecule has 0 atom stereocenters. The van der Waals surface area contributed by atoms with Gasteiger partial charge in [0.15, 0.2) is 0 Å². The van der Waals surface area contributed by atoms with Crippen molar-refractivity contribution in [1.82, 2.24) is 15.0 Å². The summed E-state index contributed by atoms with van der Waals surface area (Å²) >= 11 is 0. The fourth-order valence-electron chi connectivity index (χ4n) is 7.29. The van der Waals surface area contributed by atoms with E-state index in [2.05, 4.69) is 15.3 Å². The van der Waals surface area contributed by atoms with Gasteiger partial charge in [-0.1, -0.05) is 6.07 Å². The number of nitrogen functional groups attached to an aromatic ring is 1. The van der Waals surface area contributed by atoms with Crippen LogP contribution in [0.25, 0.3) is 22.4 Å². The summed E-state index contributed by atoms with van der Waals surface area (Å²) < 4.78 is 6.14. The van der Waals surface area contributed by atoms with Gasteiger partial charge < -0.3 is 20.8 Å². The Morgan fingerprint density at radius 2 is 1.74 bits per heavy atom. The molecule has 0 spiro atoms. The number of carbonyl (C=O) groups is 2. The van der Waals surface area contributed by atoms with E-state index in [1.807, 2.05) is 12.1 Å². The third-order valence-electron chi connectivity index (χ3n) is 8.59. The normalized spacial score (nSPS) is 25.4. The average Bonchev–Trinajstić information content (AvgIpc) is 3.32. The summed E-state index contributed by atoms with van der Waals surface area (Å²) in [4.78, 5) is 38.6. The van der Waals surface area contributed by atoms with E-state index < -0.39 is 0 Å². The lowest BCUT2D eigenvalue weighted by Gasteiger charge is -2.55. The van der Waals surface area contributed by atoms with Crippen molar-refractivity contribution in [2.24, 2.45) is 23.2 Å². The van der Waals surface area contributed by atoms with E-state index in [1.54, 1.807) is 48.7 Å². The van der Waals surface area contributed by atoms with Crippen LogP contribution in [-0.2, 0) is 4.79 Å².